The largest absolute Gasteiger partial charge is 0.423 e. The maximum absolute atomic E-state index is 12.4. The van der Waals surface area contributed by atoms with Gasteiger partial charge in [0.25, 0.3) is 0 Å². The fourth-order valence-corrected chi connectivity index (χ4v) is 3.63. The van der Waals surface area contributed by atoms with E-state index in [2.05, 4.69) is 43.4 Å². The monoisotopic (exact) mass is 578 g/mol. The summed E-state index contributed by atoms with van der Waals surface area (Å²) in [5.41, 5.74) is 4.72. The second-order valence-corrected chi connectivity index (χ2v) is 9.26. The average molecular weight is 579 g/mol. The van der Waals surface area contributed by atoms with E-state index in [1.165, 1.54) is 0 Å². The lowest BCUT2D eigenvalue weighted by molar-refractivity contribution is -0.130. The molecule has 0 unspecified atom stereocenters. The smallest absolute Gasteiger partial charge is 0.338 e. The van der Waals surface area contributed by atoms with Gasteiger partial charge in [-0.05, 0) is 90.8 Å². The van der Waals surface area contributed by atoms with Crippen molar-refractivity contribution in [2.24, 2.45) is 0 Å². The number of hydrogen-bond donors (Lipinski definition) is 0. The van der Waals surface area contributed by atoms with E-state index in [0.717, 1.165) is 34.4 Å². The molecular weight excluding hydrogens is 552 g/mol. The molecule has 0 saturated heterocycles. The molecular formula is C38H26O6. The van der Waals surface area contributed by atoms with Crippen LogP contribution >= 0.6 is 0 Å². The summed E-state index contributed by atoms with van der Waals surface area (Å²) >= 11 is 0. The first-order chi connectivity index (χ1) is 21.2. The molecule has 0 aliphatic rings. The van der Waals surface area contributed by atoms with Gasteiger partial charge in [0.2, 0.25) is 0 Å². The van der Waals surface area contributed by atoms with E-state index in [1.807, 2.05) is 30.3 Å². The first-order valence-electron chi connectivity index (χ1n) is 13.3. The fraction of sp³-hybridized carbons (Fsp3) is 0.0263. The number of rotatable bonds is 7. The van der Waals surface area contributed by atoms with Gasteiger partial charge in [0.15, 0.2) is 0 Å². The lowest BCUT2D eigenvalue weighted by atomic mass is 10.0. The molecule has 0 aromatic heterocycles. The highest BCUT2D eigenvalue weighted by Crippen LogP contribution is 2.28. The van der Waals surface area contributed by atoms with Crippen molar-refractivity contribution in [2.75, 3.05) is 0 Å². The molecule has 4 rings (SSSR count). The van der Waals surface area contributed by atoms with Gasteiger partial charge in [0.1, 0.15) is 17.2 Å². The van der Waals surface area contributed by atoms with Crippen LogP contribution in [0.4, 0.5) is 0 Å². The quantitative estimate of drug-likeness (QED) is 0.104. The van der Waals surface area contributed by atoms with Crippen molar-refractivity contribution in [3.63, 3.8) is 0 Å². The van der Waals surface area contributed by atoms with Gasteiger partial charge in [0.05, 0.1) is 5.56 Å². The minimum absolute atomic E-state index is 0.259. The van der Waals surface area contributed by atoms with E-state index in [1.54, 1.807) is 67.6 Å². The molecule has 0 fully saturated rings. The predicted octanol–water partition coefficient (Wildman–Crippen LogP) is 6.82. The summed E-state index contributed by atoms with van der Waals surface area (Å²) in [7, 11) is 0. The molecule has 0 aliphatic carbocycles. The first kappa shape index (κ1) is 30.6. The summed E-state index contributed by atoms with van der Waals surface area (Å²) in [6.45, 7) is 12.0. The molecule has 0 N–H and O–H groups in total. The highest BCUT2D eigenvalue weighted by atomic mass is 16.5. The molecule has 0 radical (unpaired) electrons. The Morgan fingerprint density at radius 2 is 1.02 bits per heavy atom. The standard InChI is InChI=1S/C38H26O6/c1-5-36(39)42-33-21-12-28(13-22-33)8-7-27-9-16-30(17-10-27)32-20-19-31(35(25-32)44-38(41)26(3)4)18-11-29-14-23-34(24-15-29)43-37(40)6-2/h5-6,9-10,12-17,19-25H,1-3H2,4H3. The Kier molecular flexibility index (Phi) is 10.1. The molecule has 0 spiro atoms. The van der Waals surface area contributed by atoms with E-state index in [0.29, 0.717) is 28.4 Å². The molecule has 44 heavy (non-hydrogen) atoms. The second kappa shape index (κ2) is 14.5. The third kappa shape index (κ3) is 8.57. The second-order valence-electron chi connectivity index (χ2n) is 9.26. The number of carbonyl (C=O) groups excluding carboxylic acids is 3. The van der Waals surface area contributed by atoms with Crippen LogP contribution in [-0.4, -0.2) is 17.9 Å². The van der Waals surface area contributed by atoms with Gasteiger partial charge in [-0.2, -0.15) is 0 Å². The third-order valence-electron chi connectivity index (χ3n) is 5.92. The number of ether oxygens (including phenoxy) is 3. The van der Waals surface area contributed by atoms with E-state index in [-0.39, 0.29) is 5.57 Å². The van der Waals surface area contributed by atoms with Crippen LogP contribution in [0.15, 0.2) is 128 Å². The van der Waals surface area contributed by atoms with E-state index in [4.69, 9.17) is 14.2 Å². The number of esters is 3. The highest BCUT2D eigenvalue weighted by molar-refractivity contribution is 5.89. The molecule has 0 bridgehead atoms. The van der Waals surface area contributed by atoms with Crippen LogP contribution in [0.5, 0.6) is 17.2 Å². The zero-order valence-corrected chi connectivity index (χ0v) is 23.9. The van der Waals surface area contributed by atoms with Crippen molar-refractivity contribution < 1.29 is 28.6 Å². The molecule has 0 heterocycles. The van der Waals surface area contributed by atoms with Gasteiger partial charge in [-0.3, -0.25) is 0 Å². The van der Waals surface area contributed by atoms with E-state index in [9.17, 15) is 14.4 Å². The maximum atomic E-state index is 12.4. The molecule has 214 valence electrons. The molecule has 4 aromatic rings. The molecule has 0 amide bonds. The van der Waals surface area contributed by atoms with Crippen LogP contribution in [0.2, 0.25) is 0 Å². The van der Waals surface area contributed by atoms with E-state index >= 15 is 0 Å². The minimum Gasteiger partial charge on any atom is -0.423 e. The van der Waals surface area contributed by atoms with Crippen LogP contribution in [0.3, 0.4) is 0 Å². The van der Waals surface area contributed by atoms with Crippen molar-refractivity contribution in [3.8, 4) is 52.1 Å². The zero-order chi connectivity index (χ0) is 31.5. The molecule has 6 heteroatoms. The third-order valence-corrected chi connectivity index (χ3v) is 5.92. The summed E-state index contributed by atoms with van der Waals surface area (Å²) in [6.07, 6.45) is 2.19. The van der Waals surface area contributed by atoms with Gasteiger partial charge in [-0.25, -0.2) is 14.4 Å². The predicted molar refractivity (Wildman–Crippen MR) is 169 cm³/mol. The number of benzene rings is 4. The molecule has 0 saturated carbocycles. The normalized spacial score (nSPS) is 9.66. The lowest BCUT2D eigenvalue weighted by Gasteiger charge is -2.09. The molecule has 0 aliphatic heterocycles. The Balaban J connectivity index is 1.54. The first-order valence-corrected chi connectivity index (χ1v) is 13.3. The fourth-order valence-electron chi connectivity index (χ4n) is 3.63. The van der Waals surface area contributed by atoms with E-state index < -0.39 is 17.9 Å². The number of hydrogen-bond acceptors (Lipinski definition) is 6. The summed E-state index contributed by atoms with van der Waals surface area (Å²) in [5.74, 6) is 11.8. The Labute approximate surface area is 255 Å². The molecule has 6 nitrogen and oxygen atoms in total. The Bertz CT molecular complexity index is 1870. The zero-order valence-electron chi connectivity index (χ0n) is 23.9. The summed E-state index contributed by atoms with van der Waals surface area (Å²) < 4.78 is 15.8. The average Bonchev–Trinajstić information content (AvgIpc) is 3.04. The molecule has 4 aromatic carbocycles. The number of carbonyl (C=O) groups is 3. The van der Waals surface area contributed by atoms with Crippen molar-refractivity contribution >= 4 is 17.9 Å². The Morgan fingerprint density at radius 1 is 0.591 bits per heavy atom. The topological polar surface area (TPSA) is 78.9 Å². The maximum Gasteiger partial charge on any atom is 0.338 e. The van der Waals surface area contributed by atoms with Gasteiger partial charge < -0.3 is 14.2 Å². The van der Waals surface area contributed by atoms with Gasteiger partial charge >= 0.3 is 17.9 Å². The Hall–Kier alpha value is -6.37. The van der Waals surface area contributed by atoms with Crippen LogP contribution < -0.4 is 14.2 Å². The van der Waals surface area contributed by atoms with Gasteiger partial charge in [-0.1, -0.05) is 61.6 Å². The Morgan fingerprint density at radius 3 is 1.48 bits per heavy atom. The van der Waals surface area contributed by atoms with Crippen molar-refractivity contribution in [3.05, 3.63) is 151 Å². The van der Waals surface area contributed by atoms with Crippen molar-refractivity contribution in [1.82, 2.24) is 0 Å². The highest BCUT2D eigenvalue weighted by Gasteiger charge is 2.11. The summed E-state index contributed by atoms with van der Waals surface area (Å²) in [4.78, 5) is 35.1. The van der Waals surface area contributed by atoms with Gasteiger partial charge in [0, 0.05) is 34.4 Å². The van der Waals surface area contributed by atoms with Crippen molar-refractivity contribution in [2.45, 2.75) is 6.92 Å². The molecule has 0 atom stereocenters. The van der Waals surface area contributed by atoms with Crippen LogP contribution in [0.1, 0.15) is 29.2 Å². The van der Waals surface area contributed by atoms with Crippen molar-refractivity contribution in [1.29, 1.82) is 0 Å². The summed E-state index contributed by atoms with van der Waals surface area (Å²) in [6, 6.07) is 26.6. The minimum atomic E-state index is -0.559. The SMILES string of the molecule is C=CC(=O)Oc1ccc(C#Cc2ccc(-c3ccc(C#Cc4ccc(OC(=O)C=C)cc4)c(OC(=O)C(=C)C)c3)cc2)cc1. The lowest BCUT2D eigenvalue weighted by Crippen LogP contribution is -2.09. The summed E-state index contributed by atoms with van der Waals surface area (Å²) in [5, 5.41) is 0. The van der Waals surface area contributed by atoms with Crippen LogP contribution in [-0.2, 0) is 14.4 Å². The van der Waals surface area contributed by atoms with Gasteiger partial charge in [-0.15, -0.1) is 0 Å². The van der Waals surface area contributed by atoms with Crippen LogP contribution in [0.25, 0.3) is 11.1 Å². The van der Waals surface area contributed by atoms with Crippen LogP contribution in [0, 0.1) is 23.7 Å².